The number of hydrogen-bond donors (Lipinski definition) is 0. The van der Waals surface area contributed by atoms with Crippen molar-refractivity contribution in [1.29, 1.82) is 0 Å². The van der Waals surface area contributed by atoms with E-state index in [0.717, 1.165) is 21.9 Å². The highest BCUT2D eigenvalue weighted by molar-refractivity contribution is 6.20. The van der Waals surface area contributed by atoms with E-state index in [1.807, 2.05) is 0 Å². The molecule has 10 rings (SSSR count). The minimum Gasteiger partial charge on any atom is -0.455 e. The second-order valence-corrected chi connectivity index (χ2v) is 13.3. The van der Waals surface area contributed by atoms with Crippen LogP contribution in [0.15, 0.2) is 150 Å². The van der Waals surface area contributed by atoms with Gasteiger partial charge in [-0.25, -0.2) is 0 Å². The normalized spacial score (nSPS) is 13.6. The van der Waals surface area contributed by atoms with E-state index in [0.29, 0.717) is 0 Å². The van der Waals surface area contributed by atoms with E-state index in [2.05, 4.69) is 159 Å². The molecule has 1 heteroatoms. The first kappa shape index (κ1) is 25.6. The summed E-state index contributed by atoms with van der Waals surface area (Å²) in [5, 5.41) is 9.76. The van der Waals surface area contributed by atoms with Crippen molar-refractivity contribution in [1.82, 2.24) is 0 Å². The monoisotopic (exact) mass is 586 g/mol. The Morgan fingerprint density at radius 2 is 1.11 bits per heavy atom. The molecule has 0 atom stereocenters. The number of fused-ring (bicyclic) bond motifs is 10. The van der Waals surface area contributed by atoms with Crippen LogP contribution in [0, 0.1) is 0 Å². The Morgan fingerprint density at radius 3 is 2.00 bits per heavy atom. The molecule has 1 aliphatic carbocycles. The van der Waals surface area contributed by atoms with Gasteiger partial charge in [-0.1, -0.05) is 135 Å². The quantitative estimate of drug-likeness (QED) is 0.196. The number of rotatable bonds is 2. The molecule has 1 aliphatic rings. The van der Waals surface area contributed by atoms with E-state index in [9.17, 15) is 0 Å². The largest absolute Gasteiger partial charge is 0.455 e. The first-order chi connectivity index (χ1) is 22.6. The van der Waals surface area contributed by atoms with Crippen LogP contribution in [0.4, 0.5) is 0 Å². The van der Waals surface area contributed by atoms with E-state index < -0.39 is 0 Å². The van der Waals surface area contributed by atoms with Crippen LogP contribution in [-0.2, 0) is 5.41 Å². The lowest BCUT2D eigenvalue weighted by molar-refractivity contribution is 0.661. The Hall–Kier alpha value is -5.66. The Bertz CT molecular complexity index is 2720. The molecular weight excluding hydrogens is 556 g/mol. The van der Waals surface area contributed by atoms with Crippen molar-refractivity contribution >= 4 is 54.3 Å². The van der Waals surface area contributed by atoms with Gasteiger partial charge in [0.1, 0.15) is 11.2 Å². The first-order valence-corrected chi connectivity index (χ1v) is 16.1. The van der Waals surface area contributed by atoms with Gasteiger partial charge in [0.05, 0.1) is 0 Å². The van der Waals surface area contributed by atoms with Gasteiger partial charge in [-0.3, -0.25) is 0 Å². The standard InChI is InChI=1S/C45H30O/c1-45(2)38-19-8-7-16-36(38)43-39(45)26-30-25-29(22-23-33(30)42(43)35-18-9-13-27-11-3-5-14-31(27)35)32-17-10-20-40-41(32)37-24-21-28-12-4-6-15-34(28)44(37)46-40/h3-26H,1-2H3. The summed E-state index contributed by atoms with van der Waals surface area (Å²) in [5.41, 5.74) is 12.3. The highest BCUT2D eigenvalue weighted by Gasteiger charge is 2.37. The van der Waals surface area contributed by atoms with Gasteiger partial charge in [-0.05, 0) is 95.7 Å². The van der Waals surface area contributed by atoms with Crippen molar-refractivity contribution in [2.75, 3.05) is 0 Å². The van der Waals surface area contributed by atoms with Gasteiger partial charge >= 0.3 is 0 Å². The molecule has 0 bridgehead atoms. The van der Waals surface area contributed by atoms with Crippen LogP contribution in [0.5, 0.6) is 0 Å². The van der Waals surface area contributed by atoms with Gasteiger partial charge in [0.15, 0.2) is 0 Å². The van der Waals surface area contributed by atoms with Crippen molar-refractivity contribution in [2.45, 2.75) is 19.3 Å². The van der Waals surface area contributed by atoms with Crippen LogP contribution in [-0.4, -0.2) is 0 Å². The molecule has 1 nitrogen and oxygen atoms in total. The molecule has 0 fully saturated rings. The molecule has 0 unspecified atom stereocenters. The van der Waals surface area contributed by atoms with E-state index in [-0.39, 0.29) is 5.41 Å². The second-order valence-electron chi connectivity index (χ2n) is 13.3. The van der Waals surface area contributed by atoms with Gasteiger partial charge in [0.2, 0.25) is 0 Å². The zero-order chi connectivity index (χ0) is 30.6. The van der Waals surface area contributed by atoms with Crippen LogP contribution in [0.2, 0.25) is 0 Å². The van der Waals surface area contributed by atoms with Gasteiger partial charge in [-0.15, -0.1) is 0 Å². The molecule has 216 valence electrons. The Balaban J connectivity index is 1.29. The zero-order valence-electron chi connectivity index (χ0n) is 25.8. The van der Waals surface area contributed by atoms with E-state index in [4.69, 9.17) is 4.42 Å². The van der Waals surface area contributed by atoms with Crippen LogP contribution in [0.1, 0.15) is 25.0 Å². The fraction of sp³-hybridized carbons (Fsp3) is 0.0667. The summed E-state index contributed by atoms with van der Waals surface area (Å²) in [6.45, 7) is 4.76. The topological polar surface area (TPSA) is 13.1 Å². The summed E-state index contributed by atoms with van der Waals surface area (Å²) >= 11 is 0. The average molecular weight is 587 g/mol. The summed E-state index contributed by atoms with van der Waals surface area (Å²) in [6, 6.07) is 53.4. The fourth-order valence-corrected chi connectivity index (χ4v) is 8.26. The minimum absolute atomic E-state index is 0.114. The van der Waals surface area contributed by atoms with Crippen LogP contribution in [0.25, 0.3) is 87.6 Å². The van der Waals surface area contributed by atoms with Gasteiger partial charge in [0, 0.05) is 21.6 Å². The van der Waals surface area contributed by atoms with Gasteiger partial charge < -0.3 is 4.42 Å². The molecule has 0 saturated heterocycles. The predicted molar refractivity (Wildman–Crippen MR) is 195 cm³/mol. The molecule has 0 saturated carbocycles. The zero-order valence-corrected chi connectivity index (χ0v) is 25.8. The average Bonchev–Trinajstić information content (AvgIpc) is 3.60. The highest BCUT2D eigenvalue weighted by atomic mass is 16.3. The number of hydrogen-bond acceptors (Lipinski definition) is 1. The maximum absolute atomic E-state index is 6.56. The van der Waals surface area contributed by atoms with Gasteiger partial charge in [-0.2, -0.15) is 0 Å². The van der Waals surface area contributed by atoms with Crippen molar-refractivity contribution < 1.29 is 4.42 Å². The fourth-order valence-electron chi connectivity index (χ4n) is 8.26. The Kier molecular flexibility index (Phi) is 5.12. The van der Waals surface area contributed by atoms with E-state index >= 15 is 0 Å². The Labute approximate surface area is 267 Å². The first-order valence-electron chi connectivity index (χ1n) is 16.1. The molecule has 0 radical (unpaired) electrons. The third-order valence-corrected chi connectivity index (χ3v) is 10.4. The smallest absolute Gasteiger partial charge is 0.143 e. The summed E-state index contributed by atoms with van der Waals surface area (Å²) < 4.78 is 6.56. The molecule has 0 N–H and O–H groups in total. The van der Waals surface area contributed by atoms with Crippen molar-refractivity contribution in [3.63, 3.8) is 0 Å². The second kappa shape index (κ2) is 9.19. The molecule has 1 heterocycles. The third kappa shape index (κ3) is 3.40. The molecule has 9 aromatic rings. The van der Waals surface area contributed by atoms with Crippen LogP contribution in [0.3, 0.4) is 0 Å². The molecule has 0 amide bonds. The molecule has 46 heavy (non-hydrogen) atoms. The predicted octanol–water partition coefficient (Wildman–Crippen LogP) is 12.7. The molecular formula is C45H30O. The van der Waals surface area contributed by atoms with Crippen LogP contribution < -0.4 is 0 Å². The number of furan rings is 1. The maximum atomic E-state index is 6.56. The summed E-state index contributed by atoms with van der Waals surface area (Å²) in [6.07, 6.45) is 0. The van der Waals surface area contributed by atoms with Gasteiger partial charge in [0.25, 0.3) is 0 Å². The van der Waals surface area contributed by atoms with E-state index in [1.165, 1.54) is 76.8 Å². The van der Waals surface area contributed by atoms with Crippen molar-refractivity contribution in [3.8, 4) is 33.4 Å². The minimum atomic E-state index is -0.114. The molecule has 0 aliphatic heterocycles. The maximum Gasteiger partial charge on any atom is 0.143 e. The lowest BCUT2D eigenvalue weighted by Gasteiger charge is -2.23. The summed E-state index contributed by atoms with van der Waals surface area (Å²) in [5.74, 6) is 0. The summed E-state index contributed by atoms with van der Waals surface area (Å²) in [4.78, 5) is 0. The Morgan fingerprint density at radius 1 is 0.435 bits per heavy atom. The van der Waals surface area contributed by atoms with Crippen LogP contribution >= 0.6 is 0 Å². The highest BCUT2D eigenvalue weighted by Crippen LogP contribution is 2.55. The molecule has 0 spiro atoms. The summed E-state index contributed by atoms with van der Waals surface area (Å²) in [7, 11) is 0. The molecule has 1 aromatic heterocycles. The number of benzene rings is 8. The SMILES string of the molecule is CC1(C)c2ccccc2-c2c1cc1cc(-c3cccc4oc5c6ccccc6ccc5c34)ccc1c2-c1cccc2ccccc12. The molecule has 8 aromatic carbocycles. The third-order valence-electron chi connectivity index (χ3n) is 10.4. The lowest BCUT2D eigenvalue weighted by atomic mass is 9.80. The van der Waals surface area contributed by atoms with Crippen molar-refractivity contribution in [3.05, 3.63) is 157 Å². The van der Waals surface area contributed by atoms with E-state index in [1.54, 1.807) is 0 Å². The van der Waals surface area contributed by atoms with Crippen molar-refractivity contribution in [2.24, 2.45) is 0 Å². The lowest BCUT2D eigenvalue weighted by Crippen LogP contribution is -2.15.